The summed E-state index contributed by atoms with van der Waals surface area (Å²) in [6.07, 6.45) is 1.54. The van der Waals surface area contributed by atoms with E-state index in [-0.39, 0.29) is 12.0 Å². The minimum atomic E-state index is -0.352. The van der Waals surface area contributed by atoms with Gasteiger partial charge in [-0.1, -0.05) is 36.4 Å². The first-order valence-corrected chi connectivity index (χ1v) is 8.64. The lowest BCUT2D eigenvalue weighted by Crippen LogP contribution is -2.12. The number of pyridine rings is 1. The summed E-state index contributed by atoms with van der Waals surface area (Å²) in [5, 5.41) is 5.50. The van der Waals surface area contributed by atoms with E-state index < -0.39 is 0 Å². The molecule has 0 radical (unpaired) electrons. The van der Waals surface area contributed by atoms with Crippen LogP contribution in [0.4, 0.5) is 5.82 Å². The molecule has 1 atom stereocenters. The predicted octanol–water partition coefficient (Wildman–Crippen LogP) is 4.52. The standard InChI is InChI=1S/C19H18N2O2S/c1-2-23-19(22)15-10-11-17(20-13-15)21-18(16-9-6-12-24-16)14-7-4-3-5-8-14/h3-13,18H,2H2,1H3,(H,20,21). The molecule has 1 unspecified atom stereocenters. The summed E-state index contributed by atoms with van der Waals surface area (Å²) in [5.41, 5.74) is 1.62. The van der Waals surface area contributed by atoms with Gasteiger partial charge in [0.05, 0.1) is 18.2 Å². The predicted molar refractivity (Wildman–Crippen MR) is 96.4 cm³/mol. The van der Waals surface area contributed by atoms with Gasteiger partial charge < -0.3 is 10.1 Å². The molecule has 3 aromatic rings. The largest absolute Gasteiger partial charge is 0.462 e. The fraction of sp³-hybridized carbons (Fsp3) is 0.158. The van der Waals surface area contributed by atoms with Crippen LogP contribution in [0.3, 0.4) is 0 Å². The number of esters is 1. The summed E-state index contributed by atoms with van der Waals surface area (Å²) < 4.78 is 4.98. The fourth-order valence-electron chi connectivity index (χ4n) is 2.38. The molecule has 0 bridgehead atoms. The maximum atomic E-state index is 11.7. The van der Waals surface area contributed by atoms with Crippen LogP contribution < -0.4 is 5.32 Å². The van der Waals surface area contributed by atoms with Crippen molar-refractivity contribution in [3.8, 4) is 0 Å². The highest BCUT2D eigenvalue weighted by Crippen LogP contribution is 2.29. The van der Waals surface area contributed by atoms with E-state index >= 15 is 0 Å². The molecule has 0 aliphatic rings. The van der Waals surface area contributed by atoms with Crippen molar-refractivity contribution in [2.45, 2.75) is 13.0 Å². The third-order valence-corrected chi connectivity index (χ3v) is 4.46. The number of carbonyl (C=O) groups is 1. The Labute approximate surface area is 145 Å². The number of rotatable bonds is 6. The molecule has 122 valence electrons. The second kappa shape index (κ2) is 7.75. The average Bonchev–Trinajstić information content (AvgIpc) is 3.15. The quantitative estimate of drug-likeness (QED) is 0.671. The molecule has 3 rings (SSSR count). The molecule has 0 fully saturated rings. The molecule has 0 aliphatic carbocycles. The van der Waals surface area contributed by atoms with Crippen LogP contribution in [0.1, 0.15) is 33.8 Å². The van der Waals surface area contributed by atoms with Gasteiger partial charge in [0.25, 0.3) is 0 Å². The van der Waals surface area contributed by atoms with Crippen molar-refractivity contribution < 1.29 is 9.53 Å². The number of ether oxygens (including phenoxy) is 1. The van der Waals surface area contributed by atoms with Crippen LogP contribution >= 0.6 is 11.3 Å². The Bertz CT molecular complexity index is 771. The molecule has 0 aliphatic heterocycles. The van der Waals surface area contributed by atoms with Crippen molar-refractivity contribution in [3.63, 3.8) is 0 Å². The number of hydrogen-bond donors (Lipinski definition) is 1. The third kappa shape index (κ3) is 3.81. The third-order valence-electron chi connectivity index (χ3n) is 3.53. The first kappa shape index (κ1) is 16.2. The first-order chi connectivity index (χ1) is 11.8. The lowest BCUT2D eigenvalue weighted by atomic mass is 10.1. The van der Waals surface area contributed by atoms with Crippen LogP contribution in [0.2, 0.25) is 0 Å². The monoisotopic (exact) mass is 338 g/mol. The number of aromatic nitrogens is 1. The van der Waals surface area contributed by atoms with Crippen LogP contribution in [0.15, 0.2) is 66.2 Å². The van der Waals surface area contributed by atoms with Crippen LogP contribution in [0.5, 0.6) is 0 Å². The molecular weight excluding hydrogens is 320 g/mol. The molecule has 2 aromatic heterocycles. The smallest absolute Gasteiger partial charge is 0.339 e. The number of anilines is 1. The van der Waals surface area contributed by atoms with Gasteiger partial charge in [-0.25, -0.2) is 9.78 Å². The summed E-state index contributed by atoms with van der Waals surface area (Å²) in [4.78, 5) is 17.3. The molecule has 24 heavy (non-hydrogen) atoms. The van der Waals surface area contributed by atoms with Gasteiger partial charge >= 0.3 is 5.97 Å². The molecule has 0 amide bonds. The summed E-state index contributed by atoms with van der Waals surface area (Å²) >= 11 is 1.70. The van der Waals surface area contributed by atoms with E-state index in [4.69, 9.17) is 4.74 Å². The summed E-state index contributed by atoms with van der Waals surface area (Å²) in [6, 6.07) is 17.9. The highest BCUT2D eigenvalue weighted by molar-refractivity contribution is 7.10. The van der Waals surface area contributed by atoms with Crippen LogP contribution in [0.25, 0.3) is 0 Å². The van der Waals surface area contributed by atoms with Crippen LogP contribution in [-0.4, -0.2) is 17.6 Å². The summed E-state index contributed by atoms with van der Waals surface area (Å²) in [6.45, 7) is 2.14. The Morgan fingerprint density at radius 2 is 2.00 bits per heavy atom. The van der Waals surface area contributed by atoms with E-state index in [9.17, 15) is 4.79 Å². The second-order valence-corrected chi connectivity index (χ2v) is 6.14. The Balaban J connectivity index is 1.82. The molecule has 0 saturated carbocycles. The lowest BCUT2D eigenvalue weighted by Gasteiger charge is -2.18. The van der Waals surface area contributed by atoms with Gasteiger partial charge in [-0.3, -0.25) is 0 Å². The minimum absolute atomic E-state index is 0.0205. The number of thiophene rings is 1. The Hall–Kier alpha value is -2.66. The molecule has 1 aromatic carbocycles. The molecule has 4 nitrogen and oxygen atoms in total. The number of carbonyl (C=O) groups excluding carboxylic acids is 1. The number of nitrogens with zero attached hydrogens (tertiary/aromatic N) is 1. The Morgan fingerprint density at radius 1 is 1.17 bits per heavy atom. The van der Waals surface area contributed by atoms with Crippen molar-refractivity contribution in [3.05, 3.63) is 82.2 Å². The maximum Gasteiger partial charge on any atom is 0.339 e. The number of nitrogens with one attached hydrogen (secondary N) is 1. The fourth-order valence-corrected chi connectivity index (χ4v) is 3.18. The van der Waals surface area contributed by atoms with Gasteiger partial charge in [-0.15, -0.1) is 11.3 Å². The average molecular weight is 338 g/mol. The summed E-state index contributed by atoms with van der Waals surface area (Å²) in [5.74, 6) is 0.361. The van der Waals surface area contributed by atoms with E-state index in [2.05, 4.69) is 33.9 Å². The van der Waals surface area contributed by atoms with E-state index in [1.165, 1.54) is 11.1 Å². The molecule has 0 saturated heterocycles. The maximum absolute atomic E-state index is 11.7. The molecule has 5 heteroatoms. The SMILES string of the molecule is CCOC(=O)c1ccc(NC(c2ccccc2)c2cccs2)nc1. The normalized spacial score (nSPS) is 11.7. The van der Waals surface area contributed by atoms with E-state index in [0.29, 0.717) is 18.0 Å². The van der Waals surface area contributed by atoms with E-state index in [1.54, 1.807) is 30.4 Å². The van der Waals surface area contributed by atoms with Crippen molar-refractivity contribution in [1.82, 2.24) is 4.98 Å². The molecule has 0 spiro atoms. The number of benzene rings is 1. The molecule has 2 heterocycles. The Kier molecular flexibility index (Phi) is 5.23. The molecular formula is C19H18N2O2S. The van der Waals surface area contributed by atoms with Gasteiger partial charge in [0.15, 0.2) is 0 Å². The zero-order valence-electron chi connectivity index (χ0n) is 13.3. The van der Waals surface area contributed by atoms with Crippen molar-refractivity contribution in [2.75, 3.05) is 11.9 Å². The van der Waals surface area contributed by atoms with Gasteiger partial charge in [-0.05, 0) is 36.1 Å². The van der Waals surface area contributed by atoms with Crippen molar-refractivity contribution in [1.29, 1.82) is 0 Å². The van der Waals surface area contributed by atoms with Gasteiger partial charge in [0, 0.05) is 11.1 Å². The zero-order chi connectivity index (χ0) is 16.8. The minimum Gasteiger partial charge on any atom is -0.462 e. The first-order valence-electron chi connectivity index (χ1n) is 7.76. The van der Waals surface area contributed by atoms with Crippen molar-refractivity contribution in [2.24, 2.45) is 0 Å². The highest BCUT2D eigenvalue weighted by atomic mass is 32.1. The zero-order valence-corrected chi connectivity index (χ0v) is 14.1. The highest BCUT2D eigenvalue weighted by Gasteiger charge is 2.16. The van der Waals surface area contributed by atoms with Crippen LogP contribution in [-0.2, 0) is 4.74 Å². The number of hydrogen-bond acceptors (Lipinski definition) is 5. The molecule has 1 N–H and O–H groups in total. The van der Waals surface area contributed by atoms with Crippen LogP contribution in [0, 0.1) is 0 Å². The van der Waals surface area contributed by atoms with Gasteiger partial charge in [0.1, 0.15) is 5.82 Å². The topological polar surface area (TPSA) is 51.2 Å². The lowest BCUT2D eigenvalue weighted by molar-refractivity contribution is 0.0526. The summed E-state index contributed by atoms with van der Waals surface area (Å²) in [7, 11) is 0. The van der Waals surface area contributed by atoms with E-state index in [0.717, 1.165) is 5.56 Å². The van der Waals surface area contributed by atoms with Gasteiger partial charge in [-0.2, -0.15) is 0 Å². The second-order valence-electron chi connectivity index (χ2n) is 5.16. The van der Waals surface area contributed by atoms with Crippen molar-refractivity contribution >= 4 is 23.1 Å². The van der Waals surface area contributed by atoms with Gasteiger partial charge in [0.2, 0.25) is 0 Å². The Morgan fingerprint density at radius 3 is 2.62 bits per heavy atom. The van der Waals surface area contributed by atoms with E-state index in [1.807, 2.05) is 24.3 Å².